The summed E-state index contributed by atoms with van der Waals surface area (Å²) in [5.41, 5.74) is 11.5. The summed E-state index contributed by atoms with van der Waals surface area (Å²) >= 11 is 0. The Labute approximate surface area is 155 Å². The van der Waals surface area contributed by atoms with E-state index in [1.165, 1.54) is 11.1 Å². The maximum absolute atomic E-state index is 5.66. The highest BCUT2D eigenvalue weighted by molar-refractivity contribution is 5.80. The van der Waals surface area contributed by atoms with Gasteiger partial charge in [0.2, 0.25) is 0 Å². The predicted molar refractivity (Wildman–Crippen MR) is 109 cm³/mol. The summed E-state index contributed by atoms with van der Waals surface area (Å²) in [7, 11) is 4.16. The number of hydrogen-bond acceptors (Lipinski definition) is 4. The summed E-state index contributed by atoms with van der Waals surface area (Å²) in [6, 6.07) is 14.9. The van der Waals surface area contributed by atoms with Gasteiger partial charge in [0.05, 0.1) is 5.52 Å². The number of rotatable bonds is 6. The van der Waals surface area contributed by atoms with Gasteiger partial charge in [0.25, 0.3) is 0 Å². The van der Waals surface area contributed by atoms with Crippen LogP contribution in [0.4, 0.5) is 0 Å². The highest BCUT2D eigenvalue weighted by Gasteiger charge is 2.04. The molecule has 0 aliphatic carbocycles. The van der Waals surface area contributed by atoms with Gasteiger partial charge in [-0.25, -0.2) is 9.97 Å². The second-order valence-corrected chi connectivity index (χ2v) is 7.03. The Kier molecular flexibility index (Phi) is 5.76. The normalized spacial score (nSPS) is 12.1. The molecule has 4 nitrogen and oxygen atoms in total. The van der Waals surface area contributed by atoms with Crippen LogP contribution >= 0.6 is 0 Å². The van der Waals surface area contributed by atoms with Gasteiger partial charge < -0.3 is 10.6 Å². The molecule has 0 amide bonds. The molecular weight excluding hydrogens is 320 g/mol. The monoisotopic (exact) mass is 346 g/mol. The van der Waals surface area contributed by atoms with Crippen LogP contribution in [0.25, 0.3) is 17.0 Å². The van der Waals surface area contributed by atoms with Gasteiger partial charge in [-0.15, -0.1) is 0 Å². The van der Waals surface area contributed by atoms with Crippen LogP contribution in [-0.4, -0.2) is 35.5 Å². The Morgan fingerprint density at radius 1 is 1.08 bits per heavy atom. The van der Waals surface area contributed by atoms with Crippen LogP contribution in [0.1, 0.15) is 29.4 Å². The smallest absolute Gasteiger partial charge is 0.133 e. The van der Waals surface area contributed by atoms with E-state index in [4.69, 9.17) is 10.7 Å². The highest BCUT2D eigenvalue weighted by atomic mass is 15.0. The molecule has 2 N–H and O–H groups in total. The summed E-state index contributed by atoms with van der Waals surface area (Å²) in [5, 5.41) is 1.05. The van der Waals surface area contributed by atoms with E-state index in [0.29, 0.717) is 6.54 Å². The van der Waals surface area contributed by atoms with E-state index in [-0.39, 0.29) is 0 Å². The molecular formula is C22H26N4. The molecule has 0 bridgehead atoms. The van der Waals surface area contributed by atoms with Gasteiger partial charge in [-0.1, -0.05) is 42.0 Å². The molecule has 0 aliphatic heterocycles. The van der Waals surface area contributed by atoms with Crippen molar-refractivity contribution < 1.29 is 0 Å². The fourth-order valence-electron chi connectivity index (χ4n) is 2.92. The van der Waals surface area contributed by atoms with Gasteiger partial charge in [-0.3, -0.25) is 0 Å². The quantitative estimate of drug-likeness (QED) is 0.740. The van der Waals surface area contributed by atoms with E-state index >= 15 is 0 Å². The van der Waals surface area contributed by atoms with Crippen LogP contribution in [0.3, 0.4) is 0 Å². The van der Waals surface area contributed by atoms with E-state index < -0.39 is 0 Å². The van der Waals surface area contributed by atoms with E-state index in [0.717, 1.165) is 40.8 Å². The summed E-state index contributed by atoms with van der Waals surface area (Å²) < 4.78 is 0. The maximum Gasteiger partial charge on any atom is 0.133 e. The van der Waals surface area contributed by atoms with Crippen molar-refractivity contribution in [1.82, 2.24) is 14.9 Å². The van der Waals surface area contributed by atoms with E-state index in [1.54, 1.807) is 0 Å². The van der Waals surface area contributed by atoms with Crippen LogP contribution in [0.5, 0.6) is 0 Å². The van der Waals surface area contributed by atoms with Gasteiger partial charge in [0.15, 0.2) is 0 Å². The second kappa shape index (κ2) is 8.21. The van der Waals surface area contributed by atoms with Crippen LogP contribution < -0.4 is 5.73 Å². The molecule has 0 unspecified atom stereocenters. The molecule has 0 radical (unpaired) electrons. The fraction of sp³-hybridized carbons (Fsp3) is 0.273. The van der Waals surface area contributed by atoms with Gasteiger partial charge >= 0.3 is 0 Å². The van der Waals surface area contributed by atoms with Crippen molar-refractivity contribution in [2.45, 2.75) is 19.9 Å². The molecule has 0 saturated heterocycles. The molecule has 1 aromatic heterocycles. The molecule has 2 aromatic carbocycles. The number of aromatic nitrogens is 2. The van der Waals surface area contributed by atoms with Crippen LogP contribution in [0.2, 0.25) is 0 Å². The molecule has 0 saturated carbocycles. The minimum Gasteiger partial charge on any atom is -0.327 e. The van der Waals surface area contributed by atoms with Gasteiger partial charge in [-0.2, -0.15) is 0 Å². The molecule has 4 heteroatoms. The lowest BCUT2D eigenvalue weighted by Crippen LogP contribution is -2.10. The topological polar surface area (TPSA) is 55.0 Å². The fourth-order valence-corrected chi connectivity index (χ4v) is 2.92. The Bertz CT molecular complexity index is 911. The number of hydrogen-bond donors (Lipinski definition) is 1. The van der Waals surface area contributed by atoms with Gasteiger partial charge in [-0.05, 0) is 49.8 Å². The average molecular weight is 346 g/mol. The third kappa shape index (κ3) is 4.75. The second-order valence-electron chi connectivity index (χ2n) is 7.03. The zero-order valence-electron chi connectivity index (χ0n) is 15.7. The minimum absolute atomic E-state index is 0.570. The zero-order valence-corrected chi connectivity index (χ0v) is 15.7. The maximum atomic E-state index is 5.66. The summed E-state index contributed by atoms with van der Waals surface area (Å²) in [6.45, 7) is 3.56. The first-order valence-corrected chi connectivity index (χ1v) is 8.89. The van der Waals surface area contributed by atoms with Crippen molar-refractivity contribution in [3.05, 3.63) is 76.7 Å². The van der Waals surface area contributed by atoms with Crippen molar-refractivity contribution in [2.75, 3.05) is 20.6 Å². The SMILES string of the molecule is C/C(=C\c1ccc2nc(Cc3ccc(CN(C)C)cc3)ncc2c1)CN. The van der Waals surface area contributed by atoms with Gasteiger partial charge in [0, 0.05) is 31.1 Å². The van der Waals surface area contributed by atoms with Crippen molar-refractivity contribution in [1.29, 1.82) is 0 Å². The van der Waals surface area contributed by atoms with Crippen LogP contribution in [0.15, 0.2) is 54.2 Å². The van der Waals surface area contributed by atoms with E-state index in [9.17, 15) is 0 Å². The first-order chi connectivity index (χ1) is 12.5. The minimum atomic E-state index is 0.570. The molecule has 3 rings (SSSR count). The first-order valence-electron chi connectivity index (χ1n) is 8.89. The van der Waals surface area contributed by atoms with Crippen LogP contribution in [0, 0.1) is 0 Å². The highest BCUT2D eigenvalue weighted by Crippen LogP contribution is 2.17. The number of nitrogens with zero attached hydrogens (tertiary/aromatic N) is 3. The molecule has 0 spiro atoms. The summed E-state index contributed by atoms with van der Waals surface area (Å²) in [4.78, 5) is 11.4. The largest absolute Gasteiger partial charge is 0.327 e. The molecule has 3 aromatic rings. The predicted octanol–water partition coefficient (Wildman–Crippen LogP) is 3.64. The van der Waals surface area contributed by atoms with Crippen molar-refractivity contribution in [3.8, 4) is 0 Å². The van der Waals surface area contributed by atoms with Crippen molar-refractivity contribution >= 4 is 17.0 Å². The van der Waals surface area contributed by atoms with E-state index in [1.807, 2.05) is 13.1 Å². The molecule has 0 atom stereocenters. The van der Waals surface area contributed by atoms with Gasteiger partial charge in [0.1, 0.15) is 5.82 Å². The lowest BCUT2D eigenvalue weighted by Gasteiger charge is -2.10. The Hall–Kier alpha value is -2.56. The lowest BCUT2D eigenvalue weighted by molar-refractivity contribution is 0.402. The van der Waals surface area contributed by atoms with Crippen molar-refractivity contribution in [2.24, 2.45) is 5.73 Å². The Morgan fingerprint density at radius 3 is 2.50 bits per heavy atom. The molecule has 0 aliphatic rings. The van der Waals surface area contributed by atoms with Crippen molar-refractivity contribution in [3.63, 3.8) is 0 Å². The Balaban J connectivity index is 1.77. The number of fused-ring (bicyclic) bond motifs is 1. The number of benzene rings is 2. The molecule has 134 valence electrons. The van der Waals surface area contributed by atoms with E-state index in [2.05, 4.69) is 72.5 Å². The summed E-state index contributed by atoms with van der Waals surface area (Å²) in [5.74, 6) is 0.847. The Morgan fingerprint density at radius 2 is 1.81 bits per heavy atom. The standard InChI is InChI=1S/C22H26N4/c1-16(13-23)10-19-8-9-21-20(11-19)14-24-22(25-21)12-17-4-6-18(7-5-17)15-26(2)3/h4-11,14H,12-13,15,23H2,1-3H3/b16-10+. The third-order valence-electron chi connectivity index (χ3n) is 4.27. The molecule has 1 heterocycles. The third-order valence-corrected chi connectivity index (χ3v) is 4.27. The number of nitrogens with two attached hydrogens (primary N) is 1. The van der Waals surface area contributed by atoms with Crippen LogP contribution in [-0.2, 0) is 13.0 Å². The summed E-state index contributed by atoms with van der Waals surface area (Å²) in [6.07, 6.45) is 4.75. The molecule has 26 heavy (non-hydrogen) atoms. The average Bonchev–Trinajstić information content (AvgIpc) is 2.63. The zero-order chi connectivity index (χ0) is 18.5. The molecule has 0 fully saturated rings. The lowest BCUT2D eigenvalue weighted by atomic mass is 10.1. The first kappa shape index (κ1) is 18.2.